The van der Waals surface area contributed by atoms with E-state index >= 15 is 0 Å². The largest absolute Gasteiger partial charge is 0.493 e. The molecule has 2 aromatic rings. The summed E-state index contributed by atoms with van der Waals surface area (Å²) in [5.74, 6) is 2.26. The second-order valence-electron chi connectivity index (χ2n) is 5.45. The van der Waals surface area contributed by atoms with E-state index in [-0.39, 0.29) is 11.9 Å². The van der Waals surface area contributed by atoms with E-state index in [1.807, 2.05) is 43.7 Å². The Kier molecular flexibility index (Phi) is 6.08. The summed E-state index contributed by atoms with van der Waals surface area (Å²) >= 11 is 1.35. The van der Waals surface area contributed by atoms with Crippen molar-refractivity contribution in [2.45, 2.75) is 25.0 Å². The van der Waals surface area contributed by atoms with E-state index in [0.717, 1.165) is 5.56 Å². The number of aromatic nitrogens is 3. The van der Waals surface area contributed by atoms with Crippen molar-refractivity contribution in [2.75, 3.05) is 20.0 Å². The quantitative estimate of drug-likeness (QED) is 0.771. The molecular weight excluding hydrogens is 328 g/mol. The lowest BCUT2D eigenvalue weighted by molar-refractivity contribution is -0.119. The summed E-state index contributed by atoms with van der Waals surface area (Å²) in [6, 6.07) is 5.69. The number of methoxy groups -OCH3 is 2. The molecule has 0 aliphatic rings. The van der Waals surface area contributed by atoms with Crippen molar-refractivity contribution < 1.29 is 14.3 Å². The average Bonchev–Trinajstić information content (AvgIpc) is 2.92. The van der Waals surface area contributed by atoms with Crippen LogP contribution in [0.4, 0.5) is 0 Å². The van der Waals surface area contributed by atoms with Crippen molar-refractivity contribution >= 4 is 17.7 Å². The third kappa shape index (κ3) is 4.19. The monoisotopic (exact) mass is 350 g/mol. The zero-order valence-corrected chi connectivity index (χ0v) is 15.3. The highest BCUT2D eigenvalue weighted by Crippen LogP contribution is 2.32. The van der Waals surface area contributed by atoms with E-state index in [9.17, 15) is 4.79 Å². The van der Waals surface area contributed by atoms with Crippen molar-refractivity contribution in [3.63, 3.8) is 0 Å². The number of carbonyl (C=O) groups excluding carboxylic acids is 1. The van der Waals surface area contributed by atoms with Gasteiger partial charge in [-0.3, -0.25) is 4.79 Å². The number of hydrogen-bond donors (Lipinski definition) is 1. The number of rotatable bonds is 7. The van der Waals surface area contributed by atoms with Crippen molar-refractivity contribution in [3.05, 3.63) is 18.2 Å². The van der Waals surface area contributed by atoms with E-state index in [1.165, 1.54) is 11.8 Å². The van der Waals surface area contributed by atoms with Crippen LogP contribution < -0.4 is 14.8 Å². The molecule has 0 unspecified atom stereocenters. The molecule has 0 saturated carbocycles. The average molecular weight is 350 g/mol. The molecule has 1 amide bonds. The van der Waals surface area contributed by atoms with E-state index in [0.29, 0.717) is 28.2 Å². The predicted molar refractivity (Wildman–Crippen MR) is 93.5 cm³/mol. The molecule has 2 rings (SSSR count). The minimum atomic E-state index is -0.0225. The van der Waals surface area contributed by atoms with E-state index in [4.69, 9.17) is 9.47 Å². The molecule has 0 aliphatic carbocycles. The number of carbonyl (C=O) groups is 1. The van der Waals surface area contributed by atoms with Crippen LogP contribution in [0, 0.1) is 0 Å². The lowest BCUT2D eigenvalue weighted by atomic mass is 10.2. The van der Waals surface area contributed by atoms with Gasteiger partial charge >= 0.3 is 0 Å². The van der Waals surface area contributed by atoms with Crippen LogP contribution in [0.15, 0.2) is 23.4 Å². The summed E-state index contributed by atoms with van der Waals surface area (Å²) in [6.07, 6.45) is 0. The predicted octanol–water partition coefficient (Wildman–Crippen LogP) is 2.12. The van der Waals surface area contributed by atoms with Crippen LogP contribution in [0.1, 0.15) is 13.8 Å². The smallest absolute Gasteiger partial charge is 0.230 e. The van der Waals surface area contributed by atoms with Gasteiger partial charge in [0.2, 0.25) is 5.91 Å². The Hall–Kier alpha value is -2.22. The van der Waals surface area contributed by atoms with Gasteiger partial charge in [-0.2, -0.15) is 0 Å². The summed E-state index contributed by atoms with van der Waals surface area (Å²) in [5.41, 5.74) is 0.862. The van der Waals surface area contributed by atoms with Gasteiger partial charge in [-0.1, -0.05) is 11.8 Å². The van der Waals surface area contributed by atoms with Gasteiger partial charge in [-0.15, -0.1) is 10.2 Å². The zero-order chi connectivity index (χ0) is 17.7. The molecule has 1 heterocycles. The first-order chi connectivity index (χ1) is 11.5. The van der Waals surface area contributed by atoms with Crippen LogP contribution in [-0.4, -0.2) is 46.7 Å². The van der Waals surface area contributed by atoms with Gasteiger partial charge in [0.05, 0.1) is 20.0 Å². The lowest BCUT2D eigenvalue weighted by Crippen LogP contribution is -2.31. The molecule has 0 atom stereocenters. The molecule has 24 heavy (non-hydrogen) atoms. The Labute approximate surface area is 145 Å². The number of ether oxygens (including phenoxy) is 2. The normalized spacial score (nSPS) is 10.8. The zero-order valence-electron chi connectivity index (χ0n) is 14.5. The van der Waals surface area contributed by atoms with Gasteiger partial charge in [0.15, 0.2) is 22.5 Å². The molecule has 8 heteroatoms. The molecule has 7 nitrogen and oxygen atoms in total. The summed E-state index contributed by atoms with van der Waals surface area (Å²) in [6.45, 7) is 3.86. The second kappa shape index (κ2) is 8.05. The first-order valence-corrected chi connectivity index (χ1v) is 8.48. The Morgan fingerprint density at radius 2 is 1.96 bits per heavy atom. The van der Waals surface area contributed by atoms with Crippen molar-refractivity contribution in [2.24, 2.45) is 7.05 Å². The molecule has 0 fully saturated rings. The van der Waals surface area contributed by atoms with Crippen molar-refractivity contribution in [3.8, 4) is 22.9 Å². The van der Waals surface area contributed by atoms with Crippen molar-refractivity contribution in [1.82, 2.24) is 20.1 Å². The Bertz CT molecular complexity index is 715. The lowest BCUT2D eigenvalue weighted by Gasteiger charge is -2.10. The van der Waals surface area contributed by atoms with Gasteiger partial charge < -0.3 is 19.4 Å². The third-order valence-electron chi connectivity index (χ3n) is 3.26. The fraction of sp³-hybridized carbons (Fsp3) is 0.438. The molecule has 0 bridgehead atoms. The van der Waals surface area contributed by atoms with Crippen LogP contribution in [-0.2, 0) is 11.8 Å². The fourth-order valence-electron chi connectivity index (χ4n) is 2.16. The maximum Gasteiger partial charge on any atom is 0.230 e. The number of nitrogens with one attached hydrogen (secondary N) is 1. The highest BCUT2D eigenvalue weighted by Gasteiger charge is 2.15. The molecule has 0 spiro atoms. The van der Waals surface area contributed by atoms with E-state index in [2.05, 4.69) is 15.5 Å². The molecule has 130 valence electrons. The maximum atomic E-state index is 11.7. The molecule has 0 aliphatic heterocycles. The summed E-state index contributed by atoms with van der Waals surface area (Å²) < 4.78 is 12.4. The molecule has 0 saturated heterocycles. The van der Waals surface area contributed by atoms with E-state index < -0.39 is 0 Å². The number of benzene rings is 1. The second-order valence-corrected chi connectivity index (χ2v) is 6.39. The van der Waals surface area contributed by atoms with Gasteiger partial charge in [0.1, 0.15) is 0 Å². The first-order valence-electron chi connectivity index (χ1n) is 7.50. The Morgan fingerprint density at radius 3 is 2.58 bits per heavy atom. The SMILES string of the molecule is COc1ccc(-c2nnc(SCC(=O)NC(C)C)n2C)cc1OC. The topological polar surface area (TPSA) is 78.3 Å². The molecule has 1 aromatic heterocycles. The fourth-order valence-corrected chi connectivity index (χ4v) is 2.88. The molecule has 1 aromatic carbocycles. The van der Waals surface area contributed by atoms with Crippen LogP contribution >= 0.6 is 11.8 Å². The number of thioether (sulfide) groups is 1. The van der Waals surface area contributed by atoms with Gasteiger partial charge in [0, 0.05) is 18.7 Å². The standard InChI is InChI=1S/C16H22N4O3S/c1-10(2)17-14(21)9-24-16-19-18-15(20(16)3)11-6-7-12(22-4)13(8-11)23-5/h6-8,10H,9H2,1-5H3,(H,17,21). The maximum absolute atomic E-state index is 11.7. The number of hydrogen-bond acceptors (Lipinski definition) is 6. The summed E-state index contributed by atoms with van der Waals surface area (Å²) in [7, 11) is 5.05. The van der Waals surface area contributed by atoms with Crippen LogP contribution in [0.25, 0.3) is 11.4 Å². The van der Waals surface area contributed by atoms with Crippen LogP contribution in [0.5, 0.6) is 11.5 Å². The Morgan fingerprint density at radius 1 is 1.25 bits per heavy atom. The summed E-state index contributed by atoms with van der Waals surface area (Å²) in [4.78, 5) is 11.7. The molecular formula is C16H22N4O3S. The molecule has 1 N–H and O–H groups in total. The highest BCUT2D eigenvalue weighted by molar-refractivity contribution is 7.99. The van der Waals surface area contributed by atoms with Crippen LogP contribution in [0.2, 0.25) is 0 Å². The number of nitrogens with zero attached hydrogens (tertiary/aromatic N) is 3. The van der Waals surface area contributed by atoms with Crippen LogP contribution in [0.3, 0.4) is 0 Å². The molecule has 0 radical (unpaired) electrons. The van der Waals surface area contributed by atoms with Crippen molar-refractivity contribution in [1.29, 1.82) is 0 Å². The summed E-state index contributed by atoms with van der Waals surface area (Å²) in [5, 5.41) is 11.9. The van der Waals surface area contributed by atoms with E-state index in [1.54, 1.807) is 14.2 Å². The number of amides is 1. The minimum absolute atomic E-state index is 0.0225. The van der Waals surface area contributed by atoms with Gasteiger partial charge in [0.25, 0.3) is 0 Å². The third-order valence-corrected chi connectivity index (χ3v) is 4.28. The Balaban J connectivity index is 2.16. The van der Waals surface area contributed by atoms with Gasteiger partial charge in [-0.25, -0.2) is 0 Å². The van der Waals surface area contributed by atoms with Gasteiger partial charge in [-0.05, 0) is 32.0 Å². The minimum Gasteiger partial charge on any atom is -0.493 e. The first kappa shape index (κ1) is 18.1. The highest BCUT2D eigenvalue weighted by atomic mass is 32.2.